The average Bonchev–Trinajstić information content (AvgIpc) is 3.19. The second-order valence-corrected chi connectivity index (χ2v) is 7.46. The highest BCUT2D eigenvalue weighted by Crippen LogP contribution is 2.41. The Bertz CT molecular complexity index is 682. The highest BCUT2D eigenvalue weighted by atomic mass is 35.5. The number of halogens is 1. The van der Waals surface area contributed by atoms with Gasteiger partial charge in [0.15, 0.2) is 5.11 Å². The summed E-state index contributed by atoms with van der Waals surface area (Å²) in [7, 11) is 1.60. The molecule has 6 heteroatoms. The van der Waals surface area contributed by atoms with Crippen molar-refractivity contribution in [2.45, 2.75) is 31.2 Å². The normalized spacial score (nSPS) is 16.1. The molecule has 0 spiro atoms. The Morgan fingerprint density at radius 1 is 1.30 bits per heavy atom. The lowest BCUT2D eigenvalue weighted by molar-refractivity contribution is 0.415. The van der Waals surface area contributed by atoms with Crippen LogP contribution in [0.3, 0.4) is 0 Å². The monoisotopic (exact) mass is 366 g/mol. The van der Waals surface area contributed by atoms with E-state index in [2.05, 4.69) is 28.1 Å². The van der Waals surface area contributed by atoms with Gasteiger partial charge >= 0.3 is 0 Å². The Morgan fingerprint density at radius 2 is 2.09 bits per heavy atom. The minimum Gasteiger partial charge on any atom is -0.495 e. The maximum atomic E-state index is 6.16. The van der Waals surface area contributed by atoms with E-state index in [1.807, 2.05) is 18.2 Å². The lowest BCUT2D eigenvalue weighted by Gasteiger charge is -2.31. The van der Waals surface area contributed by atoms with E-state index < -0.39 is 0 Å². The molecule has 3 nitrogen and oxygen atoms in total. The SMILES string of the molecule is COc1ccc(NC(=S)NC2(c3cccs3)CCCC2)cc1Cl. The number of hydrogen-bond acceptors (Lipinski definition) is 3. The van der Waals surface area contributed by atoms with E-state index in [0.717, 1.165) is 18.5 Å². The largest absolute Gasteiger partial charge is 0.495 e. The summed E-state index contributed by atoms with van der Waals surface area (Å²) in [4.78, 5) is 1.35. The van der Waals surface area contributed by atoms with Gasteiger partial charge in [-0.15, -0.1) is 11.3 Å². The van der Waals surface area contributed by atoms with Gasteiger partial charge in [0, 0.05) is 10.6 Å². The van der Waals surface area contributed by atoms with Gasteiger partial charge in [0.2, 0.25) is 0 Å². The molecular weight excluding hydrogens is 348 g/mol. The molecule has 2 aromatic rings. The lowest BCUT2D eigenvalue weighted by Crippen LogP contribution is -2.45. The van der Waals surface area contributed by atoms with Gasteiger partial charge in [-0.2, -0.15) is 0 Å². The number of thiophene rings is 1. The van der Waals surface area contributed by atoms with Gasteiger partial charge < -0.3 is 15.4 Å². The molecule has 2 N–H and O–H groups in total. The molecule has 0 radical (unpaired) electrons. The van der Waals surface area contributed by atoms with Gasteiger partial charge in [-0.3, -0.25) is 0 Å². The molecule has 0 aliphatic heterocycles. The van der Waals surface area contributed by atoms with Crippen molar-refractivity contribution in [1.29, 1.82) is 0 Å². The summed E-state index contributed by atoms with van der Waals surface area (Å²) in [5.41, 5.74) is 0.821. The fourth-order valence-electron chi connectivity index (χ4n) is 3.09. The summed E-state index contributed by atoms with van der Waals surface area (Å²) >= 11 is 13.5. The fraction of sp³-hybridized carbons (Fsp3) is 0.353. The van der Waals surface area contributed by atoms with Gasteiger partial charge in [0.25, 0.3) is 0 Å². The molecule has 0 amide bonds. The van der Waals surface area contributed by atoms with Crippen LogP contribution in [0.15, 0.2) is 35.7 Å². The van der Waals surface area contributed by atoms with E-state index >= 15 is 0 Å². The first-order chi connectivity index (χ1) is 11.1. The van der Waals surface area contributed by atoms with Gasteiger partial charge in [-0.25, -0.2) is 0 Å². The predicted octanol–water partition coefficient (Wildman–Crippen LogP) is 5.17. The number of nitrogens with one attached hydrogen (secondary N) is 2. The van der Waals surface area contributed by atoms with Crippen LogP contribution in [0.25, 0.3) is 0 Å². The van der Waals surface area contributed by atoms with Crippen LogP contribution in [-0.2, 0) is 5.54 Å². The number of thiocarbonyl (C=S) groups is 1. The number of methoxy groups -OCH3 is 1. The second-order valence-electron chi connectivity index (χ2n) is 5.69. The van der Waals surface area contributed by atoms with E-state index in [1.54, 1.807) is 18.4 Å². The molecule has 3 rings (SSSR count). The molecule has 0 bridgehead atoms. The molecule has 0 saturated heterocycles. The molecule has 1 saturated carbocycles. The van der Waals surface area contributed by atoms with Crippen LogP contribution in [0.2, 0.25) is 5.02 Å². The average molecular weight is 367 g/mol. The standard InChI is InChI=1S/C17H19ClN2OS2/c1-21-14-7-6-12(11-13(14)18)19-16(22)20-17(8-2-3-9-17)15-5-4-10-23-15/h4-7,10-11H,2-3,8-9H2,1H3,(H2,19,20,22). The maximum absolute atomic E-state index is 6.16. The number of ether oxygens (including phenoxy) is 1. The molecular formula is C17H19ClN2OS2. The minimum absolute atomic E-state index is 0.0332. The molecule has 1 aromatic carbocycles. The topological polar surface area (TPSA) is 33.3 Å². The maximum Gasteiger partial charge on any atom is 0.171 e. The smallest absolute Gasteiger partial charge is 0.171 e. The van der Waals surface area contributed by atoms with Crippen LogP contribution < -0.4 is 15.4 Å². The summed E-state index contributed by atoms with van der Waals surface area (Å²) in [5.74, 6) is 0.655. The van der Waals surface area contributed by atoms with E-state index in [1.165, 1.54) is 17.7 Å². The molecule has 122 valence electrons. The highest BCUT2D eigenvalue weighted by molar-refractivity contribution is 7.80. The van der Waals surface area contributed by atoms with Crippen LogP contribution in [0.1, 0.15) is 30.6 Å². The van der Waals surface area contributed by atoms with Crippen LogP contribution in [0.4, 0.5) is 5.69 Å². The summed E-state index contributed by atoms with van der Waals surface area (Å²) < 4.78 is 5.17. The molecule has 1 heterocycles. The summed E-state index contributed by atoms with van der Waals surface area (Å²) in [6, 6.07) is 9.85. The van der Waals surface area contributed by atoms with E-state index in [-0.39, 0.29) is 5.54 Å². The first-order valence-electron chi connectivity index (χ1n) is 7.60. The summed E-state index contributed by atoms with van der Waals surface area (Å²) in [6.45, 7) is 0. The first kappa shape index (κ1) is 16.6. The Kier molecular flexibility index (Phi) is 5.09. The van der Waals surface area contributed by atoms with Gasteiger partial charge in [-0.05, 0) is 54.7 Å². The molecule has 1 aromatic heterocycles. The Labute approximate surface area is 151 Å². The van der Waals surface area contributed by atoms with Crippen molar-refractivity contribution in [3.63, 3.8) is 0 Å². The van der Waals surface area contributed by atoms with Crippen molar-refractivity contribution in [2.24, 2.45) is 0 Å². The Morgan fingerprint density at radius 3 is 2.70 bits per heavy atom. The quantitative estimate of drug-likeness (QED) is 0.731. The molecule has 23 heavy (non-hydrogen) atoms. The number of rotatable bonds is 4. The van der Waals surface area contributed by atoms with Gasteiger partial charge in [0.1, 0.15) is 5.75 Å². The number of benzene rings is 1. The van der Waals surface area contributed by atoms with E-state index in [4.69, 9.17) is 28.6 Å². The van der Waals surface area contributed by atoms with Gasteiger partial charge in [-0.1, -0.05) is 30.5 Å². The van der Waals surface area contributed by atoms with Crippen LogP contribution in [0.5, 0.6) is 5.75 Å². The molecule has 0 atom stereocenters. The van der Waals surface area contributed by atoms with Crippen molar-refractivity contribution >= 4 is 46.0 Å². The fourth-order valence-corrected chi connectivity index (χ4v) is 4.60. The van der Waals surface area contributed by atoms with Crippen molar-refractivity contribution in [1.82, 2.24) is 5.32 Å². The minimum atomic E-state index is -0.0332. The first-order valence-corrected chi connectivity index (χ1v) is 9.26. The zero-order valence-electron chi connectivity index (χ0n) is 12.9. The molecule has 1 aliphatic rings. The predicted molar refractivity (Wildman–Crippen MR) is 102 cm³/mol. The third-order valence-electron chi connectivity index (χ3n) is 4.21. The van der Waals surface area contributed by atoms with Crippen LogP contribution >= 0.6 is 35.2 Å². The third-order valence-corrected chi connectivity index (χ3v) is 5.79. The van der Waals surface area contributed by atoms with E-state index in [9.17, 15) is 0 Å². The number of hydrogen-bond donors (Lipinski definition) is 2. The molecule has 0 unspecified atom stereocenters. The van der Waals surface area contributed by atoms with Crippen molar-refractivity contribution in [3.05, 3.63) is 45.6 Å². The Balaban J connectivity index is 1.72. The molecule has 1 aliphatic carbocycles. The van der Waals surface area contributed by atoms with E-state index in [0.29, 0.717) is 15.9 Å². The summed E-state index contributed by atoms with van der Waals surface area (Å²) in [5, 5.41) is 10.1. The van der Waals surface area contributed by atoms with Crippen molar-refractivity contribution in [3.8, 4) is 5.75 Å². The summed E-state index contributed by atoms with van der Waals surface area (Å²) in [6.07, 6.45) is 4.67. The highest BCUT2D eigenvalue weighted by Gasteiger charge is 2.37. The zero-order chi connectivity index (χ0) is 16.3. The molecule has 1 fully saturated rings. The van der Waals surface area contributed by atoms with Crippen molar-refractivity contribution < 1.29 is 4.74 Å². The zero-order valence-corrected chi connectivity index (χ0v) is 15.3. The number of anilines is 1. The second kappa shape index (κ2) is 7.07. The van der Waals surface area contributed by atoms with Crippen molar-refractivity contribution in [2.75, 3.05) is 12.4 Å². The Hall–Kier alpha value is -1.30. The van der Waals surface area contributed by atoms with Crippen LogP contribution in [0, 0.1) is 0 Å². The van der Waals surface area contributed by atoms with Crippen LogP contribution in [-0.4, -0.2) is 12.2 Å². The lowest BCUT2D eigenvalue weighted by atomic mass is 9.96. The van der Waals surface area contributed by atoms with Gasteiger partial charge in [0.05, 0.1) is 17.7 Å². The third kappa shape index (κ3) is 3.62.